The molecule has 5 aromatic carbocycles. The molecule has 2 heterocycles. The van der Waals surface area contributed by atoms with Crippen molar-refractivity contribution >= 4 is 45.3 Å². The Morgan fingerprint density at radius 1 is 0.675 bits per heavy atom. The molecule has 0 unspecified atom stereocenters. The second-order valence-electron chi connectivity index (χ2n) is 9.94. The Labute approximate surface area is 232 Å². The van der Waals surface area contributed by atoms with E-state index in [1.54, 1.807) is 0 Å². The van der Waals surface area contributed by atoms with Crippen molar-refractivity contribution in [3.63, 3.8) is 0 Å². The second kappa shape index (κ2) is 10.1. The summed E-state index contributed by atoms with van der Waals surface area (Å²) in [5.74, 6) is 1.39. The standard InChI is InChI=1S/C35H27N5/c1-24-32(20-16-25-15-17-27-11-5-7-13-29(27)21-25)37-35-38-33(31-19-18-28-12-6-8-14-30(28)22-31)34(40(35)39-24)36-23-26-9-3-2-4-10-26/h2-22,36H,23H2,1H3/b20-16+. The van der Waals surface area contributed by atoms with E-state index < -0.39 is 0 Å². The molecule has 0 aliphatic carbocycles. The molecule has 0 atom stereocenters. The number of anilines is 1. The third-order valence-electron chi connectivity index (χ3n) is 7.21. The number of nitrogens with zero attached hydrogens (tertiary/aromatic N) is 4. The summed E-state index contributed by atoms with van der Waals surface area (Å²) in [6.07, 6.45) is 4.11. The first kappa shape index (κ1) is 23.8. The highest BCUT2D eigenvalue weighted by molar-refractivity contribution is 5.89. The van der Waals surface area contributed by atoms with Crippen LogP contribution in [0, 0.1) is 6.92 Å². The van der Waals surface area contributed by atoms with E-state index in [9.17, 15) is 0 Å². The lowest BCUT2D eigenvalue weighted by Crippen LogP contribution is -2.07. The number of aromatic nitrogens is 4. The number of hydrogen-bond donors (Lipinski definition) is 1. The second-order valence-corrected chi connectivity index (χ2v) is 9.94. The van der Waals surface area contributed by atoms with Gasteiger partial charge in [-0.3, -0.25) is 0 Å². The third kappa shape index (κ3) is 4.58. The molecular weight excluding hydrogens is 490 g/mol. The minimum Gasteiger partial charge on any atom is -0.364 e. The summed E-state index contributed by atoms with van der Waals surface area (Å²) >= 11 is 0. The average Bonchev–Trinajstić information content (AvgIpc) is 3.36. The molecule has 0 radical (unpaired) electrons. The van der Waals surface area contributed by atoms with Crippen LogP contribution < -0.4 is 5.32 Å². The van der Waals surface area contributed by atoms with Crippen molar-refractivity contribution in [2.45, 2.75) is 13.5 Å². The Hall–Kier alpha value is -5.29. The topological polar surface area (TPSA) is 55.1 Å². The summed E-state index contributed by atoms with van der Waals surface area (Å²) < 4.78 is 1.83. The number of aryl methyl sites for hydroxylation is 1. The lowest BCUT2D eigenvalue weighted by Gasteiger charge is -2.09. The fourth-order valence-corrected chi connectivity index (χ4v) is 5.08. The van der Waals surface area contributed by atoms with Gasteiger partial charge in [-0.25, -0.2) is 9.97 Å². The number of benzene rings is 5. The molecule has 2 aromatic heterocycles. The van der Waals surface area contributed by atoms with Gasteiger partial charge in [-0.05, 0) is 57.8 Å². The van der Waals surface area contributed by atoms with Crippen molar-refractivity contribution in [1.82, 2.24) is 19.6 Å². The number of nitrogens with one attached hydrogen (secondary N) is 1. The predicted molar refractivity (Wildman–Crippen MR) is 165 cm³/mol. The number of fused-ring (bicyclic) bond motifs is 3. The van der Waals surface area contributed by atoms with Gasteiger partial charge in [-0.1, -0.05) is 109 Å². The van der Waals surface area contributed by atoms with Crippen LogP contribution in [0.25, 0.3) is 50.7 Å². The molecule has 0 saturated carbocycles. The van der Waals surface area contributed by atoms with Gasteiger partial charge in [0, 0.05) is 12.1 Å². The third-order valence-corrected chi connectivity index (χ3v) is 7.21. The largest absolute Gasteiger partial charge is 0.364 e. The van der Waals surface area contributed by atoms with Crippen molar-refractivity contribution in [3.05, 3.63) is 138 Å². The molecule has 0 fully saturated rings. The van der Waals surface area contributed by atoms with E-state index in [2.05, 4.69) is 108 Å². The highest BCUT2D eigenvalue weighted by atomic mass is 15.3. The number of hydrogen-bond acceptors (Lipinski definition) is 4. The summed E-state index contributed by atoms with van der Waals surface area (Å²) in [6, 6.07) is 40.0. The normalized spacial score (nSPS) is 11.6. The van der Waals surface area contributed by atoms with Crippen molar-refractivity contribution in [2.24, 2.45) is 0 Å². The van der Waals surface area contributed by atoms with Gasteiger partial charge in [0.2, 0.25) is 0 Å². The van der Waals surface area contributed by atoms with Gasteiger partial charge in [0.25, 0.3) is 5.78 Å². The van der Waals surface area contributed by atoms with Crippen molar-refractivity contribution in [3.8, 4) is 11.3 Å². The van der Waals surface area contributed by atoms with Gasteiger partial charge in [0.05, 0.1) is 11.4 Å². The first-order valence-electron chi connectivity index (χ1n) is 13.4. The highest BCUT2D eigenvalue weighted by Crippen LogP contribution is 2.31. The molecule has 40 heavy (non-hydrogen) atoms. The maximum Gasteiger partial charge on any atom is 0.253 e. The van der Waals surface area contributed by atoms with Crippen LogP contribution in [0.15, 0.2) is 115 Å². The van der Waals surface area contributed by atoms with Gasteiger partial charge in [0.1, 0.15) is 5.69 Å². The monoisotopic (exact) mass is 517 g/mol. The Balaban J connectivity index is 1.30. The first-order chi connectivity index (χ1) is 19.7. The molecule has 7 rings (SSSR count). The Morgan fingerprint density at radius 3 is 2.12 bits per heavy atom. The van der Waals surface area contributed by atoms with Crippen LogP contribution in [0.3, 0.4) is 0 Å². The zero-order chi connectivity index (χ0) is 26.9. The van der Waals surface area contributed by atoms with E-state index in [1.165, 1.54) is 27.1 Å². The highest BCUT2D eigenvalue weighted by Gasteiger charge is 2.18. The summed E-state index contributed by atoms with van der Waals surface area (Å²) in [5.41, 5.74) is 5.77. The van der Waals surface area contributed by atoms with Crippen molar-refractivity contribution < 1.29 is 0 Å². The van der Waals surface area contributed by atoms with E-state index in [1.807, 2.05) is 35.7 Å². The number of imidazole rings is 1. The lowest BCUT2D eigenvalue weighted by molar-refractivity contribution is 0.860. The molecule has 5 nitrogen and oxygen atoms in total. The smallest absolute Gasteiger partial charge is 0.253 e. The van der Waals surface area contributed by atoms with Crippen LogP contribution in [-0.2, 0) is 6.54 Å². The van der Waals surface area contributed by atoms with Crippen LogP contribution in [0.2, 0.25) is 0 Å². The van der Waals surface area contributed by atoms with Gasteiger partial charge in [0.15, 0.2) is 5.82 Å². The summed E-state index contributed by atoms with van der Waals surface area (Å²) in [6.45, 7) is 2.64. The molecule has 5 heteroatoms. The minimum atomic E-state index is 0.558. The first-order valence-corrected chi connectivity index (χ1v) is 13.4. The van der Waals surface area contributed by atoms with Crippen LogP contribution in [0.5, 0.6) is 0 Å². The lowest BCUT2D eigenvalue weighted by atomic mass is 10.1. The summed E-state index contributed by atoms with van der Waals surface area (Å²) in [4.78, 5) is 9.93. The molecule has 0 bridgehead atoms. The zero-order valence-electron chi connectivity index (χ0n) is 22.1. The van der Waals surface area contributed by atoms with Crippen LogP contribution >= 0.6 is 0 Å². The Kier molecular flexibility index (Phi) is 6.02. The zero-order valence-corrected chi connectivity index (χ0v) is 22.1. The van der Waals surface area contributed by atoms with Gasteiger partial charge in [-0.15, -0.1) is 0 Å². The fourth-order valence-electron chi connectivity index (χ4n) is 5.08. The maximum absolute atomic E-state index is 4.99. The van der Waals surface area contributed by atoms with Crippen molar-refractivity contribution in [2.75, 3.05) is 5.32 Å². The minimum absolute atomic E-state index is 0.558. The van der Waals surface area contributed by atoms with E-state index in [0.717, 1.165) is 34.0 Å². The Bertz CT molecular complexity index is 2020. The summed E-state index contributed by atoms with van der Waals surface area (Å²) in [7, 11) is 0. The molecule has 0 aliphatic rings. The predicted octanol–water partition coefficient (Wildman–Crippen LogP) is 8.19. The molecule has 0 aliphatic heterocycles. The van der Waals surface area contributed by atoms with E-state index >= 15 is 0 Å². The van der Waals surface area contributed by atoms with E-state index in [4.69, 9.17) is 15.1 Å². The quantitative estimate of drug-likeness (QED) is 0.242. The van der Waals surface area contributed by atoms with E-state index in [-0.39, 0.29) is 0 Å². The van der Waals surface area contributed by atoms with Crippen LogP contribution in [-0.4, -0.2) is 19.6 Å². The molecule has 7 aromatic rings. The SMILES string of the molecule is Cc1nn2c(NCc3ccccc3)c(-c3ccc4ccccc4c3)nc2nc1/C=C/c1ccc2ccccc2c1. The maximum atomic E-state index is 4.99. The molecule has 0 amide bonds. The molecular formula is C35H27N5. The fraction of sp³-hybridized carbons (Fsp3) is 0.0571. The average molecular weight is 518 g/mol. The van der Waals surface area contributed by atoms with Gasteiger partial charge in [-0.2, -0.15) is 9.61 Å². The van der Waals surface area contributed by atoms with E-state index in [0.29, 0.717) is 12.3 Å². The summed E-state index contributed by atoms with van der Waals surface area (Å²) in [5, 5.41) is 13.3. The van der Waals surface area contributed by atoms with Crippen LogP contribution in [0.1, 0.15) is 22.5 Å². The number of rotatable bonds is 6. The molecule has 1 N–H and O–H groups in total. The van der Waals surface area contributed by atoms with Crippen molar-refractivity contribution in [1.29, 1.82) is 0 Å². The van der Waals surface area contributed by atoms with Crippen LogP contribution in [0.4, 0.5) is 5.82 Å². The van der Waals surface area contributed by atoms with Gasteiger partial charge >= 0.3 is 0 Å². The molecule has 0 spiro atoms. The Morgan fingerprint density at radius 2 is 1.35 bits per heavy atom. The molecule has 192 valence electrons. The van der Waals surface area contributed by atoms with Gasteiger partial charge < -0.3 is 5.32 Å². The molecule has 0 saturated heterocycles.